The number of carbonyl (C=O) groups excluding carboxylic acids is 2. The Morgan fingerprint density at radius 3 is 0.643 bits per heavy atom. The Morgan fingerprint density at radius 2 is 0.500 bits per heavy atom. The molecule has 0 saturated carbocycles. The molecule has 0 aliphatic heterocycles. The molecule has 0 rings (SSSR count). The van der Waals surface area contributed by atoms with Gasteiger partial charge in [0, 0.05) is 11.9 Å². The van der Waals surface area contributed by atoms with Crippen LogP contribution in [-0.2, 0) is 9.59 Å². The minimum absolute atomic E-state index is 0. The van der Waals surface area contributed by atoms with Crippen molar-refractivity contribution in [2.75, 3.05) is 0 Å². The van der Waals surface area contributed by atoms with E-state index < -0.39 is 11.9 Å². The summed E-state index contributed by atoms with van der Waals surface area (Å²) in [5, 5.41) is 20.4. The first kappa shape index (κ1) is 50.1. The summed E-state index contributed by atoms with van der Waals surface area (Å²) in [5.74, 6) is -1.81. The van der Waals surface area contributed by atoms with Crippen molar-refractivity contribution < 1.29 is 50.8 Å². The molecule has 0 aliphatic rings. The molecule has 242 valence electrons. The zero-order valence-corrected chi connectivity index (χ0v) is 33.2. The van der Waals surface area contributed by atoms with Gasteiger partial charge in [0.15, 0.2) is 0 Å². The molecule has 0 heterocycles. The molecule has 0 radical (unpaired) electrons. The van der Waals surface area contributed by atoms with Crippen LogP contribution in [0.5, 0.6) is 0 Å². The van der Waals surface area contributed by atoms with Crippen molar-refractivity contribution >= 4 is 49.7 Å². The molecule has 0 spiro atoms. The van der Waals surface area contributed by atoms with E-state index in [2.05, 4.69) is 13.8 Å². The van der Waals surface area contributed by atoms with Crippen molar-refractivity contribution in [1.29, 1.82) is 0 Å². The quantitative estimate of drug-likeness (QED) is 0.0610. The van der Waals surface area contributed by atoms with Crippen LogP contribution in [0.25, 0.3) is 0 Å². The van der Waals surface area contributed by atoms with Gasteiger partial charge in [-0.2, -0.15) is 0 Å². The van der Waals surface area contributed by atoms with Crippen molar-refractivity contribution in [3.8, 4) is 0 Å². The minimum atomic E-state index is -0.903. The second-order valence-corrected chi connectivity index (χ2v) is 12.1. The summed E-state index contributed by atoms with van der Waals surface area (Å²) in [6.07, 6.45) is 39.7. The van der Waals surface area contributed by atoms with Crippen molar-refractivity contribution in [2.24, 2.45) is 0 Å². The van der Waals surface area contributed by atoms with Crippen molar-refractivity contribution in [3.05, 3.63) is 0 Å². The van der Waals surface area contributed by atoms with Crippen LogP contribution in [0.1, 0.15) is 221 Å². The van der Waals surface area contributed by atoms with E-state index in [1.807, 2.05) is 0 Å². The summed E-state index contributed by atoms with van der Waals surface area (Å²) in [6.45, 7) is 4.53. The van der Waals surface area contributed by atoms with Gasteiger partial charge in [0.1, 0.15) is 0 Å². The fraction of sp³-hybridized carbons (Fsp3) is 0.944. The molecule has 0 amide bonds. The molecule has 0 aliphatic carbocycles. The fourth-order valence-electron chi connectivity index (χ4n) is 5.28. The molecule has 0 N–H and O–H groups in total. The summed E-state index contributed by atoms with van der Waals surface area (Å²) >= 11 is 0. The first-order valence-electron chi connectivity index (χ1n) is 17.9. The van der Waals surface area contributed by atoms with Gasteiger partial charge in [-0.1, -0.05) is 194 Å². The average Bonchev–Trinajstić information content (AvgIpc) is 2.93. The average molecular weight is 631 g/mol. The predicted octanol–water partition coefficient (Wildman–Crippen LogP) is 6.73. The van der Waals surface area contributed by atoms with Crippen LogP contribution in [0, 0.1) is 0 Å². The largest absolute Gasteiger partial charge is 2.00 e. The van der Waals surface area contributed by atoms with Gasteiger partial charge in [-0.3, -0.25) is 0 Å². The first-order chi connectivity index (χ1) is 19.5. The SMILES string of the molecule is CCCCCCCCCCCCCCCCCC(=O)[O-].CCCCCCCCCCCCCCCCCC(=O)[O-].[Ca+2].[H-].[Na+]. The van der Waals surface area contributed by atoms with Gasteiger partial charge >= 0.3 is 67.3 Å². The van der Waals surface area contributed by atoms with Crippen LogP contribution in [0.4, 0.5) is 0 Å². The summed E-state index contributed by atoms with van der Waals surface area (Å²) in [5.41, 5.74) is 0. The first-order valence-corrected chi connectivity index (χ1v) is 17.9. The molecule has 42 heavy (non-hydrogen) atoms. The van der Waals surface area contributed by atoms with E-state index in [-0.39, 0.29) is 81.6 Å². The van der Waals surface area contributed by atoms with Crippen molar-refractivity contribution in [1.82, 2.24) is 0 Å². The maximum absolute atomic E-state index is 10.2. The molecule has 0 unspecified atom stereocenters. The monoisotopic (exact) mass is 630 g/mol. The number of carboxylic acid groups (broad SMARTS) is 2. The summed E-state index contributed by atoms with van der Waals surface area (Å²) in [4.78, 5) is 20.4. The Morgan fingerprint density at radius 1 is 0.357 bits per heavy atom. The van der Waals surface area contributed by atoms with Gasteiger partial charge in [-0.25, -0.2) is 0 Å². The third-order valence-electron chi connectivity index (χ3n) is 7.97. The fourth-order valence-corrected chi connectivity index (χ4v) is 5.28. The molecular formula is C36H71CaNaO4. The maximum Gasteiger partial charge on any atom is 2.00 e. The smallest absolute Gasteiger partial charge is 1.00 e. The second kappa shape index (κ2) is 46.6. The van der Waals surface area contributed by atoms with E-state index in [9.17, 15) is 19.8 Å². The van der Waals surface area contributed by atoms with Gasteiger partial charge < -0.3 is 21.2 Å². The van der Waals surface area contributed by atoms with E-state index in [1.165, 1.54) is 167 Å². The number of hydrogen-bond donors (Lipinski definition) is 0. The maximum atomic E-state index is 10.2. The standard InChI is InChI=1S/2C18H36O2.Ca.Na.H/c2*1-2-3-4-5-6-7-8-9-10-11-12-13-14-15-16-17-18(19)20;;;/h2*2-17H2,1H3,(H,19,20);;;/q;;+2;+1;-1/p-2. The van der Waals surface area contributed by atoms with Crippen LogP contribution >= 0.6 is 0 Å². The van der Waals surface area contributed by atoms with E-state index >= 15 is 0 Å². The third kappa shape index (κ3) is 53.7. The molecule has 0 atom stereocenters. The van der Waals surface area contributed by atoms with Crippen LogP contribution < -0.4 is 39.8 Å². The van der Waals surface area contributed by atoms with Crippen LogP contribution in [0.2, 0.25) is 0 Å². The van der Waals surface area contributed by atoms with Gasteiger partial charge in [0.2, 0.25) is 0 Å². The number of carbonyl (C=O) groups is 2. The number of carboxylic acids is 2. The topological polar surface area (TPSA) is 80.3 Å². The molecular weight excluding hydrogens is 559 g/mol. The zero-order chi connectivity index (χ0) is 29.8. The Hall–Kier alpha value is 1.20. The molecule has 0 aromatic rings. The van der Waals surface area contributed by atoms with Gasteiger partial charge in [0.05, 0.1) is 0 Å². The predicted molar refractivity (Wildman–Crippen MR) is 176 cm³/mol. The van der Waals surface area contributed by atoms with E-state index in [4.69, 9.17) is 0 Å². The molecule has 0 fully saturated rings. The number of rotatable bonds is 32. The Labute approximate surface area is 316 Å². The van der Waals surface area contributed by atoms with Gasteiger partial charge in [-0.15, -0.1) is 0 Å². The Balaban J connectivity index is -0.000000209. The Kier molecular flexibility index (Phi) is 55.6. The normalized spacial score (nSPS) is 10.3. The number of aliphatic carboxylic acids is 2. The summed E-state index contributed by atoms with van der Waals surface area (Å²) in [7, 11) is 0. The van der Waals surface area contributed by atoms with E-state index in [0.29, 0.717) is 0 Å². The van der Waals surface area contributed by atoms with E-state index in [0.717, 1.165) is 25.7 Å². The van der Waals surface area contributed by atoms with Gasteiger partial charge in [-0.05, 0) is 25.7 Å². The van der Waals surface area contributed by atoms with Crippen molar-refractivity contribution in [3.63, 3.8) is 0 Å². The van der Waals surface area contributed by atoms with Crippen LogP contribution in [-0.4, -0.2) is 49.7 Å². The van der Waals surface area contributed by atoms with Gasteiger partial charge in [0.25, 0.3) is 0 Å². The molecule has 0 bridgehead atoms. The zero-order valence-electron chi connectivity index (χ0n) is 30.0. The number of unbranched alkanes of at least 4 members (excludes halogenated alkanes) is 28. The van der Waals surface area contributed by atoms with Crippen molar-refractivity contribution in [2.45, 2.75) is 219 Å². The minimum Gasteiger partial charge on any atom is -1.00 e. The molecule has 6 heteroatoms. The Bertz CT molecular complexity index is 468. The van der Waals surface area contributed by atoms with E-state index in [1.54, 1.807) is 0 Å². The molecule has 4 nitrogen and oxygen atoms in total. The molecule has 0 saturated heterocycles. The molecule has 0 aromatic heterocycles. The van der Waals surface area contributed by atoms with Crippen LogP contribution in [0.15, 0.2) is 0 Å². The molecule has 0 aromatic carbocycles. The summed E-state index contributed by atoms with van der Waals surface area (Å²) < 4.78 is 0. The van der Waals surface area contributed by atoms with Crippen LogP contribution in [0.3, 0.4) is 0 Å². The summed E-state index contributed by atoms with van der Waals surface area (Å²) in [6, 6.07) is 0. The number of hydrogen-bond acceptors (Lipinski definition) is 4. The third-order valence-corrected chi connectivity index (χ3v) is 7.97. The second-order valence-electron chi connectivity index (χ2n) is 12.1.